The smallest absolute Gasteiger partial charge is 0.376 e. The van der Waals surface area contributed by atoms with Crippen LogP contribution in [0.25, 0.3) is 0 Å². The molecule has 8 heteroatoms. The van der Waals surface area contributed by atoms with E-state index in [1.165, 1.54) is 0 Å². The Morgan fingerprint density at radius 1 is 1.41 bits per heavy atom. The lowest BCUT2D eigenvalue weighted by Crippen LogP contribution is -2.39. The molecule has 22 heavy (non-hydrogen) atoms. The molecule has 1 aliphatic rings. The van der Waals surface area contributed by atoms with Gasteiger partial charge in [0, 0.05) is 25.9 Å². The van der Waals surface area contributed by atoms with Crippen LogP contribution in [0.5, 0.6) is 0 Å². The van der Waals surface area contributed by atoms with Crippen LogP contribution in [0.3, 0.4) is 0 Å². The first-order valence-electron chi connectivity index (χ1n) is 7.13. The number of nitrogens with zero attached hydrogens (tertiary/aromatic N) is 3. The van der Waals surface area contributed by atoms with Crippen LogP contribution in [0.1, 0.15) is 31.4 Å². The molecule has 0 saturated heterocycles. The molecule has 5 nitrogen and oxygen atoms in total. The SMILES string of the molecule is Cc1nc(N(C)C2CCC([OH+]C(F)F)CC2)c(Br)cc1N=O. The molecule has 0 aromatic carbocycles. The van der Waals surface area contributed by atoms with Crippen molar-refractivity contribution in [3.05, 3.63) is 21.1 Å². The summed E-state index contributed by atoms with van der Waals surface area (Å²) in [6, 6.07) is 1.88. The van der Waals surface area contributed by atoms with Crippen LogP contribution in [0.2, 0.25) is 0 Å². The van der Waals surface area contributed by atoms with Gasteiger partial charge >= 0.3 is 6.61 Å². The quantitative estimate of drug-likeness (QED) is 0.573. The van der Waals surface area contributed by atoms with Crippen LogP contribution in [-0.2, 0) is 0 Å². The molecule has 0 amide bonds. The van der Waals surface area contributed by atoms with Gasteiger partial charge in [0.05, 0.1) is 10.2 Å². The number of hydrogen-bond donors (Lipinski definition) is 0. The van der Waals surface area contributed by atoms with Crippen LogP contribution in [0, 0.1) is 11.8 Å². The molecule has 1 saturated carbocycles. The fourth-order valence-electron chi connectivity index (χ4n) is 2.83. The van der Waals surface area contributed by atoms with Gasteiger partial charge in [-0.2, -0.15) is 0 Å². The Hall–Kier alpha value is -1.15. The summed E-state index contributed by atoms with van der Waals surface area (Å²) < 4.78 is 28.7. The number of aromatic nitrogens is 1. The summed E-state index contributed by atoms with van der Waals surface area (Å²) in [5.41, 5.74) is 0.880. The molecular weight excluding hydrogens is 360 g/mol. The number of alkyl halides is 2. The average Bonchev–Trinajstić information content (AvgIpc) is 2.48. The molecule has 1 N–H and O–H groups in total. The van der Waals surface area contributed by atoms with Gasteiger partial charge in [0.2, 0.25) is 0 Å². The van der Waals surface area contributed by atoms with Gasteiger partial charge in [-0.1, -0.05) is 0 Å². The third-order valence-corrected chi connectivity index (χ3v) is 4.67. The Labute approximate surface area is 136 Å². The number of pyridine rings is 1. The van der Waals surface area contributed by atoms with Crippen molar-refractivity contribution in [3.8, 4) is 0 Å². The summed E-state index contributed by atoms with van der Waals surface area (Å²) in [7, 11) is 1.93. The van der Waals surface area contributed by atoms with E-state index in [9.17, 15) is 13.7 Å². The maximum atomic E-state index is 12.3. The molecule has 1 fully saturated rings. The minimum atomic E-state index is -2.58. The van der Waals surface area contributed by atoms with E-state index in [4.69, 9.17) is 0 Å². The van der Waals surface area contributed by atoms with E-state index in [-0.39, 0.29) is 12.1 Å². The Bertz CT molecular complexity index is 537. The first kappa shape index (κ1) is 17.2. The number of rotatable bonds is 5. The fourth-order valence-corrected chi connectivity index (χ4v) is 3.41. The number of hydrogen-bond acceptors (Lipinski definition) is 4. The van der Waals surface area contributed by atoms with E-state index < -0.39 is 6.61 Å². The Kier molecular flexibility index (Phi) is 5.80. The van der Waals surface area contributed by atoms with E-state index in [0.29, 0.717) is 28.7 Å². The van der Waals surface area contributed by atoms with Gasteiger partial charge in [-0.15, -0.1) is 13.7 Å². The zero-order valence-corrected chi connectivity index (χ0v) is 14.1. The van der Waals surface area contributed by atoms with E-state index in [2.05, 4.69) is 30.8 Å². The van der Waals surface area contributed by atoms with Crippen molar-refractivity contribution in [2.45, 2.75) is 51.4 Å². The predicted octanol–water partition coefficient (Wildman–Crippen LogP) is 4.05. The molecule has 1 heterocycles. The van der Waals surface area contributed by atoms with E-state index in [1.807, 2.05) is 11.9 Å². The standard InChI is InChI=1S/C14H18BrF2N3O2/c1-8-12(19-21)7-11(15)13(18-8)20(2)9-3-5-10(6-4-9)22-14(16)17/h7,9-10,14H,3-6H2,1-2H3/p+1. The van der Waals surface area contributed by atoms with Gasteiger partial charge in [0.1, 0.15) is 11.5 Å². The molecule has 0 bridgehead atoms. The molecule has 0 aliphatic heterocycles. The van der Waals surface area contributed by atoms with Crippen LogP contribution >= 0.6 is 15.9 Å². The van der Waals surface area contributed by atoms with Crippen molar-refractivity contribution in [3.63, 3.8) is 0 Å². The number of halogens is 3. The highest BCUT2D eigenvalue weighted by Crippen LogP contribution is 2.33. The lowest BCUT2D eigenvalue weighted by atomic mass is 9.92. The average molecular weight is 379 g/mol. The summed E-state index contributed by atoms with van der Waals surface area (Å²) in [6.07, 6.45) is 2.65. The maximum Gasteiger partial charge on any atom is 0.459 e. The number of nitroso groups, excluding NO2 is 1. The first-order valence-corrected chi connectivity index (χ1v) is 7.93. The molecule has 122 valence electrons. The largest absolute Gasteiger partial charge is 0.459 e. The van der Waals surface area contributed by atoms with Crippen LogP contribution in [0.4, 0.5) is 20.3 Å². The normalized spacial score (nSPS) is 21.9. The zero-order chi connectivity index (χ0) is 16.3. The van der Waals surface area contributed by atoms with Crippen molar-refractivity contribution < 1.29 is 13.5 Å². The Morgan fingerprint density at radius 2 is 2.05 bits per heavy atom. The first-order chi connectivity index (χ1) is 10.4. The molecule has 0 spiro atoms. The zero-order valence-electron chi connectivity index (χ0n) is 12.5. The highest BCUT2D eigenvalue weighted by atomic mass is 79.9. The third kappa shape index (κ3) is 3.98. The highest BCUT2D eigenvalue weighted by Gasteiger charge is 2.30. The maximum absolute atomic E-state index is 12.3. The van der Waals surface area contributed by atoms with Gasteiger partial charge in [0.15, 0.2) is 6.10 Å². The van der Waals surface area contributed by atoms with Crippen molar-refractivity contribution in [1.29, 1.82) is 0 Å². The minimum Gasteiger partial charge on any atom is -0.376 e. The van der Waals surface area contributed by atoms with Crippen molar-refractivity contribution in [1.82, 2.24) is 4.98 Å². The molecule has 1 aromatic heterocycles. The number of anilines is 1. The fraction of sp³-hybridized carbons (Fsp3) is 0.643. The van der Waals surface area contributed by atoms with E-state index >= 15 is 0 Å². The van der Waals surface area contributed by atoms with E-state index in [1.54, 1.807) is 13.0 Å². The predicted molar refractivity (Wildman–Crippen MR) is 84.8 cm³/mol. The molecule has 2 rings (SSSR count). The number of aliphatic hydroxyl groups is 2. The summed E-state index contributed by atoms with van der Waals surface area (Å²) >= 11 is 3.41. The van der Waals surface area contributed by atoms with Crippen molar-refractivity contribution in [2.75, 3.05) is 11.9 Å². The van der Waals surface area contributed by atoms with Crippen molar-refractivity contribution >= 4 is 27.4 Å². The Balaban J connectivity index is 2.05. The summed E-state index contributed by atoms with van der Waals surface area (Å²) in [5.74, 6) is 0.735. The van der Waals surface area contributed by atoms with Crippen LogP contribution < -0.4 is 4.90 Å². The molecule has 1 aromatic rings. The van der Waals surface area contributed by atoms with Gasteiger partial charge < -0.3 is 9.64 Å². The summed E-state index contributed by atoms with van der Waals surface area (Å²) in [4.78, 5) is 17.2. The summed E-state index contributed by atoms with van der Waals surface area (Å²) in [6.45, 7) is -0.847. The molecule has 1 aliphatic carbocycles. The molecular formula is C14H19BrF2N3O2+. The highest BCUT2D eigenvalue weighted by molar-refractivity contribution is 9.10. The topological polar surface area (TPSA) is 58.4 Å². The lowest BCUT2D eigenvalue weighted by Gasteiger charge is -2.34. The Morgan fingerprint density at radius 3 is 2.59 bits per heavy atom. The second kappa shape index (κ2) is 7.41. The van der Waals surface area contributed by atoms with Crippen molar-refractivity contribution in [2.24, 2.45) is 5.18 Å². The number of aryl methyl sites for hydroxylation is 1. The second-order valence-electron chi connectivity index (χ2n) is 5.49. The second-order valence-corrected chi connectivity index (χ2v) is 6.34. The van der Waals surface area contributed by atoms with E-state index in [0.717, 1.165) is 18.7 Å². The van der Waals surface area contributed by atoms with Crippen LogP contribution in [0.15, 0.2) is 15.7 Å². The molecule has 0 atom stereocenters. The monoisotopic (exact) mass is 378 g/mol. The number of ether oxygens (including phenoxy) is 1. The van der Waals surface area contributed by atoms with Gasteiger partial charge in [-0.05, 0) is 46.9 Å². The third-order valence-electron chi connectivity index (χ3n) is 4.09. The molecule has 0 unspecified atom stereocenters. The summed E-state index contributed by atoms with van der Waals surface area (Å²) in [5, 5.41) is 2.94. The lowest BCUT2D eigenvalue weighted by molar-refractivity contribution is -0.279. The van der Waals surface area contributed by atoms with Gasteiger partial charge in [0.25, 0.3) is 0 Å². The van der Waals surface area contributed by atoms with Gasteiger partial charge in [-0.25, -0.2) is 4.98 Å². The van der Waals surface area contributed by atoms with Crippen LogP contribution in [-0.4, -0.2) is 35.5 Å². The van der Waals surface area contributed by atoms with Gasteiger partial charge in [-0.3, -0.25) is 0 Å². The molecule has 0 radical (unpaired) electrons. The minimum absolute atomic E-state index is 0.224.